The van der Waals surface area contributed by atoms with Crippen molar-refractivity contribution in [1.29, 1.82) is 0 Å². The molecule has 0 fully saturated rings. The van der Waals surface area contributed by atoms with Crippen molar-refractivity contribution in [2.75, 3.05) is 20.3 Å². The van der Waals surface area contributed by atoms with Gasteiger partial charge in [0.1, 0.15) is 18.4 Å². The number of carbonyl (C=O) groups excluding carboxylic acids is 2. The number of aromatic nitrogens is 1. The second-order valence-corrected chi connectivity index (χ2v) is 8.96. The number of rotatable bonds is 13. The molecule has 1 aromatic carbocycles. The van der Waals surface area contributed by atoms with Crippen molar-refractivity contribution in [2.45, 2.75) is 36.6 Å². The Labute approximate surface area is 192 Å². The van der Waals surface area contributed by atoms with E-state index in [0.717, 1.165) is 0 Å². The number of hydrogen-bond donors (Lipinski definition) is 2. The van der Waals surface area contributed by atoms with Crippen LogP contribution in [0.3, 0.4) is 0 Å². The molecule has 1 atom stereocenters. The molecule has 11 heteroatoms. The van der Waals surface area contributed by atoms with E-state index in [1.807, 2.05) is 0 Å². The number of hydrogen-bond acceptors (Lipinski definition) is 7. The van der Waals surface area contributed by atoms with Crippen LogP contribution in [0.4, 0.5) is 0 Å². The third-order valence-electron chi connectivity index (χ3n) is 4.37. The van der Waals surface area contributed by atoms with Crippen LogP contribution in [-0.2, 0) is 24.3 Å². The van der Waals surface area contributed by atoms with Crippen LogP contribution in [0.5, 0.6) is 5.75 Å². The number of ether oxygens (including phenoxy) is 2. The second-order valence-electron chi connectivity index (χ2n) is 6.81. The third kappa shape index (κ3) is 8.81. The van der Waals surface area contributed by atoms with E-state index in [4.69, 9.17) is 16.3 Å². The molecule has 0 aliphatic rings. The molecule has 0 spiro atoms. The van der Waals surface area contributed by atoms with E-state index in [1.165, 1.54) is 37.6 Å². The molecule has 9 nitrogen and oxygen atoms in total. The number of amides is 1. The molecule has 1 heterocycles. The Hall–Kier alpha value is -2.69. The number of nitrogens with one attached hydrogen (secondary N) is 2. The molecule has 0 radical (unpaired) electrons. The largest absolute Gasteiger partial charge is 0.490 e. The molecule has 0 saturated heterocycles. The minimum Gasteiger partial charge on any atom is -0.490 e. The molecule has 0 saturated carbocycles. The van der Waals surface area contributed by atoms with Crippen molar-refractivity contribution in [3.05, 3.63) is 53.8 Å². The Kier molecular flexibility index (Phi) is 10.4. The highest BCUT2D eigenvalue weighted by Gasteiger charge is 2.26. The van der Waals surface area contributed by atoms with E-state index in [1.54, 1.807) is 18.3 Å². The molecule has 32 heavy (non-hydrogen) atoms. The first-order chi connectivity index (χ1) is 15.3. The molecule has 0 unspecified atom stereocenters. The summed E-state index contributed by atoms with van der Waals surface area (Å²) in [7, 11) is -2.66. The predicted octanol–water partition coefficient (Wildman–Crippen LogP) is 2.31. The molecular weight excluding hydrogens is 458 g/mol. The summed E-state index contributed by atoms with van der Waals surface area (Å²) < 4.78 is 38.0. The van der Waals surface area contributed by atoms with Gasteiger partial charge in [-0.2, -0.15) is 4.72 Å². The SMILES string of the molecule is COC(=O)CCCCCNC(=O)[C@H](COc1cccnc1)NS(=O)(=O)c1ccc(Cl)cc1. The second kappa shape index (κ2) is 13.0. The van der Waals surface area contributed by atoms with Crippen molar-refractivity contribution in [1.82, 2.24) is 15.0 Å². The highest BCUT2D eigenvalue weighted by molar-refractivity contribution is 7.89. The zero-order valence-corrected chi connectivity index (χ0v) is 19.2. The number of carbonyl (C=O) groups is 2. The van der Waals surface area contributed by atoms with E-state index < -0.39 is 22.0 Å². The minimum atomic E-state index is -3.99. The van der Waals surface area contributed by atoms with E-state index in [0.29, 0.717) is 43.0 Å². The molecule has 2 rings (SSSR count). The van der Waals surface area contributed by atoms with Gasteiger partial charge in [0.15, 0.2) is 0 Å². The number of sulfonamides is 1. The topological polar surface area (TPSA) is 124 Å². The molecule has 1 aromatic heterocycles. The normalized spacial score (nSPS) is 12.1. The van der Waals surface area contributed by atoms with Gasteiger partial charge in [0.05, 0.1) is 18.2 Å². The average molecular weight is 484 g/mol. The number of methoxy groups -OCH3 is 1. The van der Waals surface area contributed by atoms with Gasteiger partial charge in [0.25, 0.3) is 0 Å². The Morgan fingerprint density at radius 1 is 1.12 bits per heavy atom. The van der Waals surface area contributed by atoms with Crippen molar-refractivity contribution >= 4 is 33.5 Å². The van der Waals surface area contributed by atoms with Gasteiger partial charge in [-0.1, -0.05) is 18.0 Å². The van der Waals surface area contributed by atoms with Crippen molar-refractivity contribution < 1.29 is 27.5 Å². The minimum absolute atomic E-state index is 0.0242. The van der Waals surface area contributed by atoms with Crippen LogP contribution in [-0.4, -0.2) is 51.6 Å². The van der Waals surface area contributed by atoms with Crippen LogP contribution in [0.1, 0.15) is 25.7 Å². The van der Waals surface area contributed by atoms with Gasteiger partial charge >= 0.3 is 5.97 Å². The molecule has 0 aliphatic heterocycles. The van der Waals surface area contributed by atoms with Crippen LogP contribution in [0, 0.1) is 0 Å². The lowest BCUT2D eigenvalue weighted by molar-refractivity contribution is -0.140. The van der Waals surface area contributed by atoms with Gasteiger partial charge in [-0.3, -0.25) is 14.6 Å². The van der Waals surface area contributed by atoms with Crippen LogP contribution in [0.25, 0.3) is 0 Å². The zero-order chi connectivity index (χ0) is 23.4. The quantitative estimate of drug-likeness (QED) is 0.331. The number of esters is 1. The molecule has 0 bridgehead atoms. The van der Waals surface area contributed by atoms with Gasteiger partial charge in [-0.25, -0.2) is 8.42 Å². The molecule has 2 N–H and O–H groups in total. The number of unbranched alkanes of at least 4 members (excludes halogenated alkanes) is 2. The number of halogens is 1. The van der Waals surface area contributed by atoms with E-state index >= 15 is 0 Å². The van der Waals surface area contributed by atoms with Gasteiger partial charge in [-0.15, -0.1) is 0 Å². The molecule has 1 amide bonds. The first-order valence-corrected chi connectivity index (χ1v) is 11.8. The monoisotopic (exact) mass is 483 g/mol. The van der Waals surface area contributed by atoms with E-state index in [2.05, 4.69) is 19.8 Å². The number of nitrogens with zero attached hydrogens (tertiary/aromatic N) is 1. The summed E-state index contributed by atoms with van der Waals surface area (Å²) in [5.74, 6) is -0.406. The van der Waals surface area contributed by atoms with Crippen LogP contribution in [0.2, 0.25) is 5.02 Å². The van der Waals surface area contributed by atoms with Gasteiger partial charge in [0.2, 0.25) is 15.9 Å². The lowest BCUT2D eigenvalue weighted by Crippen LogP contribution is -2.50. The predicted molar refractivity (Wildman–Crippen MR) is 119 cm³/mol. The summed E-state index contributed by atoms with van der Waals surface area (Å²) in [5, 5.41) is 3.10. The Morgan fingerprint density at radius 3 is 2.53 bits per heavy atom. The van der Waals surface area contributed by atoms with E-state index in [9.17, 15) is 18.0 Å². The van der Waals surface area contributed by atoms with Crippen LogP contribution < -0.4 is 14.8 Å². The summed E-state index contributed by atoms with van der Waals surface area (Å²) >= 11 is 5.82. The molecule has 0 aliphatic carbocycles. The smallest absolute Gasteiger partial charge is 0.305 e. The Morgan fingerprint density at radius 2 is 1.88 bits per heavy atom. The maximum absolute atomic E-state index is 12.7. The molecule has 2 aromatic rings. The van der Waals surface area contributed by atoms with Crippen molar-refractivity contribution in [3.63, 3.8) is 0 Å². The average Bonchev–Trinajstić information content (AvgIpc) is 2.79. The first kappa shape index (κ1) is 25.6. The summed E-state index contributed by atoms with van der Waals surface area (Å²) in [4.78, 5) is 27.7. The van der Waals surface area contributed by atoms with E-state index in [-0.39, 0.29) is 17.5 Å². The maximum atomic E-state index is 12.7. The molecule has 174 valence electrons. The fourth-order valence-corrected chi connectivity index (χ4v) is 3.96. The van der Waals surface area contributed by atoms with Crippen LogP contribution >= 0.6 is 11.6 Å². The first-order valence-electron chi connectivity index (χ1n) is 9.97. The Balaban J connectivity index is 1.97. The van der Waals surface area contributed by atoms with Crippen LogP contribution in [0.15, 0.2) is 53.7 Å². The zero-order valence-electron chi connectivity index (χ0n) is 17.6. The van der Waals surface area contributed by atoms with Gasteiger partial charge < -0.3 is 14.8 Å². The third-order valence-corrected chi connectivity index (χ3v) is 6.11. The summed E-state index contributed by atoms with van der Waals surface area (Å²) in [6, 6.07) is 7.74. The highest BCUT2D eigenvalue weighted by Crippen LogP contribution is 2.15. The lowest BCUT2D eigenvalue weighted by atomic mass is 10.2. The molecular formula is C21H26ClN3O6S. The van der Waals surface area contributed by atoms with Gasteiger partial charge in [0, 0.05) is 24.2 Å². The number of benzene rings is 1. The lowest BCUT2D eigenvalue weighted by Gasteiger charge is -2.19. The number of pyridine rings is 1. The maximum Gasteiger partial charge on any atom is 0.305 e. The fourth-order valence-electron chi connectivity index (χ4n) is 2.65. The highest BCUT2D eigenvalue weighted by atomic mass is 35.5. The summed E-state index contributed by atoms with van der Waals surface area (Å²) in [6.45, 7) is 0.0960. The fraction of sp³-hybridized carbons (Fsp3) is 0.381. The Bertz CT molecular complexity index is 971. The summed E-state index contributed by atoms with van der Waals surface area (Å²) in [5.41, 5.74) is 0. The van der Waals surface area contributed by atoms with Crippen molar-refractivity contribution in [3.8, 4) is 5.75 Å². The standard InChI is InChI=1S/C21H26ClN3O6S/c1-30-20(26)7-3-2-4-13-24-21(27)19(15-31-17-6-5-12-23-14-17)25-32(28,29)18-10-8-16(22)9-11-18/h5-6,8-12,14,19,25H,2-4,7,13,15H2,1H3,(H,24,27)/t19-/m0/s1. The van der Waals surface area contributed by atoms with Crippen molar-refractivity contribution in [2.24, 2.45) is 0 Å². The van der Waals surface area contributed by atoms with Gasteiger partial charge in [-0.05, 0) is 49.2 Å². The summed E-state index contributed by atoms with van der Waals surface area (Å²) in [6.07, 6.45) is 5.32.